The third kappa shape index (κ3) is 14.3. The van der Waals surface area contributed by atoms with Gasteiger partial charge in [0.1, 0.15) is 0 Å². The Balaban J connectivity index is 0.000000100. The molecule has 24 aromatic carbocycles. The molecule has 0 aromatic heterocycles. The second-order valence-corrected chi connectivity index (χ2v) is 32.2. The summed E-state index contributed by atoms with van der Waals surface area (Å²) >= 11 is 0. The van der Waals surface area contributed by atoms with Gasteiger partial charge in [-0.15, -0.1) is 0 Å². The van der Waals surface area contributed by atoms with Crippen molar-refractivity contribution >= 4 is 129 Å². The Morgan fingerprint density at radius 2 is 0.254 bits per heavy atom. The lowest BCUT2D eigenvalue weighted by atomic mass is 9.89. The highest BCUT2D eigenvalue weighted by molar-refractivity contribution is 6.15. The van der Waals surface area contributed by atoms with Gasteiger partial charge in [0.25, 0.3) is 0 Å². The first-order chi connectivity index (χ1) is 60.3. The lowest BCUT2D eigenvalue weighted by Gasteiger charge is -2.14. The summed E-state index contributed by atoms with van der Waals surface area (Å²) in [5, 5.41) is 30.8. The van der Waals surface area contributed by atoms with Gasteiger partial charge in [0.2, 0.25) is 0 Å². The van der Waals surface area contributed by atoms with Crippen LogP contribution >= 0.6 is 0 Å². The van der Waals surface area contributed by atoms with Crippen molar-refractivity contribution in [2.75, 3.05) is 0 Å². The minimum atomic E-state index is 1.26. The highest BCUT2D eigenvalue weighted by atomic mass is 14.2. The fourth-order valence-electron chi connectivity index (χ4n) is 18.7. The second kappa shape index (κ2) is 32.4. The van der Waals surface area contributed by atoms with Crippen molar-refractivity contribution in [3.63, 3.8) is 0 Å². The highest BCUT2D eigenvalue weighted by Crippen LogP contribution is 2.44. The topological polar surface area (TPSA) is 0 Å². The van der Waals surface area contributed by atoms with E-state index in [1.54, 1.807) is 0 Å². The fraction of sp³-hybridized carbons (Fsp3) is 0.0164. The quantitative estimate of drug-likeness (QED) is 0.142. The first kappa shape index (κ1) is 74.0. The van der Waals surface area contributed by atoms with Gasteiger partial charge in [-0.3, -0.25) is 0 Å². The molecule has 24 aromatic rings. The third-order valence-corrected chi connectivity index (χ3v) is 24.7. The van der Waals surface area contributed by atoms with E-state index in [1.165, 1.54) is 229 Å². The van der Waals surface area contributed by atoms with Gasteiger partial charge in [0.15, 0.2) is 0 Å². The lowest BCUT2D eigenvalue weighted by Crippen LogP contribution is -1.87. The van der Waals surface area contributed by atoms with Crippen molar-refractivity contribution in [3.05, 3.63) is 484 Å². The molecule has 0 bridgehead atoms. The van der Waals surface area contributed by atoms with Crippen LogP contribution in [0.4, 0.5) is 0 Å². The molecule has 0 radical (unpaired) electrons. The molecule has 0 atom stereocenters. The van der Waals surface area contributed by atoms with E-state index in [9.17, 15) is 0 Å². The Bertz CT molecular complexity index is 7780. The van der Waals surface area contributed by atoms with Gasteiger partial charge in [0.05, 0.1) is 0 Å². The number of benzene rings is 24. The van der Waals surface area contributed by atoms with Crippen molar-refractivity contribution in [1.82, 2.24) is 0 Å². The first-order valence-corrected chi connectivity index (χ1v) is 42.3. The van der Waals surface area contributed by atoms with Crippen molar-refractivity contribution in [3.8, 4) is 89.0 Å². The molecule has 0 nitrogen and oxygen atoms in total. The summed E-state index contributed by atoms with van der Waals surface area (Å²) in [4.78, 5) is 0. The molecular weight excluding hydrogens is 1470 g/mol. The van der Waals surface area contributed by atoms with E-state index in [1.807, 2.05) is 0 Å². The molecule has 0 aliphatic heterocycles. The molecule has 0 N–H and O–H groups in total. The minimum absolute atomic E-state index is 1.26. The molecule has 0 aliphatic carbocycles. The average Bonchev–Trinajstić information content (AvgIpc) is 0.764. The maximum atomic E-state index is 2.31. The summed E-state index contributed by atoms with van der Waals surface area (Å²) in [6.45, 7) is 4.29. The van der Waals surface area contributed by atoms with Crippen LogP contribution in [0.25, 0.3) is 218 Å². The number of hydrogen-bond acceptors (Lipinski definition) is 0. The Hall–Kier alpha value is -15.6. The van der Waals surface area contributed by atoms with Crippen LogP contribution in [-0.4, -0.2) is 0 Å². The molecule has 0 saturated heterocycles. The summed E-state index contributed by atoms with van der Waals surface area (Å²) in [7, 11) is 0. The molecule has 24 rings (SSSR count). The van der Waals surface area contributed by atoms with E-state index in [2.05, 4.69) is 487 Å². The van der Waals surface area contributed by atoms with Crippen LogP contribution in [0.3, 0.4) is 0 Å². The van der Waals surface area contributed by atoms with E-state index in [-0.39, 0.29) is 0 Å². The van der Waals surface area contributed by atoms with Crippen LogP contribution in [0.1, 0.15) is 11.1 Å². The molecule has 0 heteroatoms. The SMILES string of the molecule is Cc1ccc2cc(-c3cccc4c(-c5ccc6cc(C)ccc6c5)cccc34)ccc2c1.c1ccc2c(-c3cccc4c(-c5cccc6ccccc56)cccc34)cccc2c1.c1ccc2cc(-c3cccc4c(-c5ccc6ccccc6c5)cccc34)ccc2c1.c1ccc2cc(-c3cccc4c(-c5cccc6ccccc56)cccc34)ccc2c1. The standard InChI is InChI=1S/C32H24.3C30H20/c1-21-9-11-25-19-27(15-13-23(25)17-21)29-5-3-8-32-30(6-4-7-31(29)32)28-16-14-24-18-22(2)10-12-26(24)20-28;1-3-13-23-21(9-1)11-5-15-25(23)27-17-7-20-30-28(18-8-19-29(27)30)26-16-6-12-22-10-2-4-14-24(22)26;1-3-9-23-19-25(17-15-21(23)7-1)27-11-5-14-30-28(12-6-13-29(27)30)26-18-16-22-8-2-4-10-24(22)20-26;1-2-10-23-20-24(19-18-21(23)8-1)26-13-6-16-30-28(26)15-7-17-29(30)27-14-5-11-22-9-3-4-12-25(22)27/h3-20H,1-2H3;3*1-20H. The lowest BCUT2D eigenvalue weighted by molar-refractivity contribution is 1.50. The van der Waals surface area contributed by atoms with E-state index < -0.39 is 0 Å². The first-order valence-electron chi connectivity index (χ1n) is 42.3. The number of aryl methyl sites for hydroxylation is 2. The zero-order valence-corrected chi connectivity index (χ0v) is 68.0. The monoisotopic (exact) mass is 1550 g/mol. The largest absolute Gasteiger partial charge is 0.0616 e. The Morgan fingerprint density at radius 1 is 0.0984 bits per heavy atom. The summed E-state index contributed by atoms with van der Waals surface area (Å²) < 4.78 is 0. The molecule has 0 amide bonds. The van der Waals surface area contributed by atoms with E-state index in [4.69, 9.17) is 0 Å². The van der Waals surface area contributed by atoms with Gasteiger partial charge in [-0.05, 0) is 262 Å². The highest BCUT2D eigenvalue weighted by Gasteiger charge is 2.18. The zero-order chi connectivity index (χ0) is 81.4. The number of fused-ring (bicyclic) bond motifs is 12. The zero-order valence-electron chi connectivity index (χ0n) is 68.0. The fourth-order valence-corrected chi connectivity index (χ4v) is 18.7. The molecule has 0 saturated carbocycles. The third-order valence-electron chi connectivity index (χ3n) is 24.7. The van der Waals surface area contributed by atoms with Gasteiger partial charge in [-0.1, -0.05) is 454 Å². The van der Waals surface area contributed by atoms with Crippen molar-refractivity contribution < 1.29 is 0 Å². The molecule has 0 fully saturated rings. The Labute approximate surface area is 711 Å². The molecule has 0 unspecified atom stereocenters. The van der Waals surface area contributed by atoms with Crippen LogP contribution in [0.2, 0.25) is 0 Å². The maximum Gasteiger partial charge on any atom is -0.00990 e. The smallest absolute Gasteiger partial charge is 0.00990 e. The molecule has 0 aliphatic rings. The Kier molecular flexibility index (Phi) is 19.6. The van der Waals surface area contributed by atoms with E-state index >= 15 is 0 Å². The van der Waals surface area contributed by atoms with Crippen LogP contribution in [0.15, 0.2) is 473 Å². The summed E-state index contributed by atoms with van der Waals surface area (Å²) in [5.74, 6) is 0. The van der Waals surface area contributed by atoms with Gasteiger partial charge < -0.3 is 0 Å². The molecule has 0 spiro atoms. The maximum absolute atomic E-state index is 2.31. The normalized spacial score (nSPS) is 11.4. The second-order valence-electron chi connectivity index (χ2n) is 32.2. The Morgan fingerprint density at radius 3 is 0.516 bits per heavy atom. The predicted molar refractivity (Wildman–Crippen MR) is 529 cm³/mol. The summed E-state index contributed by atoms with van der Waals surface area (Å²) in [5.41, 5.74) is 23.0. The summed E-state index contributed by atoms with van der Waals surface area (Å²) in [6, 6.07) is 172. The van der Waals surface area contributed by atoms with E-state index in [0.29, 0.717) is 0 Å². The molecule has 122 heavy (non-hydrogen) atoms. The number of hydrogen-bond donors (Lipinski definition) is 0. The van der Waals surface area contributed by atoms with Crippen molar-refractivity contribution in [2.24, 2.45) is 0 Å². The van der Waals surface area contributed by atoms with Gasteiger partial charge in [-0.25, -0.2) is 0 Å². The van der Waals surface area contributed by atoms with Crippen LogP contribution in [0, 0.1) is 13.8 Å². The van der Waals surface area contributed by atoms with Crippen LogP contribution in [-0.2, 0) is 0 Å². The van der Waals surface area contributed by atoms with Crippen molar-refractivity contribution in [2.45, 2.75) is 13.8 Å². The minimum Gasteiger partial charge on any atom is -0.0616 e. The van der Waals surface area contributed by atoms with Gasteiger partial charge in [0, 0.05) is 0 Å². The van der Waals surface area contributed by atoms with Crippen LogP contribution < -0.4 is 0 Å². The van der Waals surface area contributed by atoms with Gasteiger partial charge >= 0.3 is 0 Å². The molecular formula is C122H84. The average molecular weight is 1550 g/mol. The van der Waals surface area contributed by atoms with Crippen LogP contribution in [0.5, 0.6) is 0 Å². The molecule has 0 heterocycles. The molecule has 572 valence electrons. The summed E-state index contributed by atoms with van der Waals surface area (Å²) in [6.07, 6.45) is 0. The van der Waals surface area contributed by atoms with E-state index in [0.717, 1.165) is 0 Å². The predicted octanol–water partition coefficient (Wildman–Crippen LogP) is 34.5. The number of rotatable bonds is 8. The van der Waals surface area contributed by atoms with Crippen molar-refractivity contribution in [1.29, 1.82) is 0 Å². The van der Waals surface area contributed by atoms with Gasteiger partial charge in [-0.2, -0.15) is 0 Å².